The van der Waals surface area contributed by atoms with Gasteiger partial charge in [0.1, 0.15) is 23.1 Å². The summed E-state index contributed by atoms with van der Waals surface area (Å²) in [7, 11) is 0. The van der Waals surface area contributed by atoms with Crippen LogP contribution in [0.2, 0.25) is 0 Å². The van der Waals surface area contributed by atoms with Crippen LogP contribution in [0.25, 0.3) is 12.2 Å². The van der Waals surface area contributed by atoms with Gasteiger partial charge in [-0.1, -0.05) is 24.3 Å². The third kappa shape index (κ3) is 7.00. The van der Waals surface area contributed by atoms with Crippen LogP contribution in [0.15, 0.2) is 60.2 Å². The first kappa shape index (κ1) is 21.5. The van der Waals surface area contributed by atoms with Crippen LogP contribution in [-0.2, 0) is 14.3 Å². The number of nitriles is 1. The molecule has 0 bridgehead atoms. The van der Waals surface area contributed by atoms with Gasteiger partial charge in [-0.05, 0) is 61.4 Å². The summed E-state index contributed by atoms with van der Waals surface area (Å²) in [6.07, 6.45) is 4.33. The number of esters is 2. The molecule has 0 aliphatic rings. The summed E-state index contributed by atoms with van der Waals surface area (Å²) in [6.45, 7) is 4.34. The highest BCUT2D eigenvalue weighted by Gasteiger charge is 2.10. The molecule has 0 fully saturated rings. The normalized spacial score (nSPS) is 11.0. The summed E-state index contributed by atoms with van der Waals surface area (Å²) in [5.74, 6) is -0.195. The van der Waals surface area contributed by atoms with E-state index in [0.29, 0.717) is 17.9 Å². The Kier molecular flexibility index (Phi) is 8.21. The average Bonchev–Trinajstić information content (AvgIpc) is 2.72. The van der Waals surface area contributed by atoms with Crippen molar-refractivity contribution in [2.75, 3.05) is 13.2 Å². The lowest BCUT2D eigenvalue weighted by molar-refractivity contribution is -0.138. The number of hydrogen-bond donors (Lipinski definition) is 0. The Morgan fingerprint density at radius 3 is 2.41 bits per heavy atom. The van der Waals surface area contributed by atoms with Crippen LogP contribution >= 0.6 is 0 Å². The zero-order valence-electron chi connectivity index (χ0n) is 16.3. The van der Waals surface area contributed by atoms with E-state index in [9.17, 15) is 9.59 Å². The Hall–Kier alpha value is -3.85. The molecule has 6 heteroatoms. The van der Waals surface area contributed by atoms with E-state index >= 15 is 0 Å². The number of rotatable bonds is 8. The highest BCUT2D eigenvalue weighted by molar-refractivity contribution is 5.98. The second-order valence-corrected chi connectivity index (χ2v) is 5.72. The molecule has 0 heterocycles. The van der Waals surface area contributed by atoms with Crippen molar-refractivity contribution in [1.29, 1.82) is 5.26 Å². The average molecular weight is 391 g/mol. The number of benzene rings is 2. The Bertz CT molecular complexity index is 952. The van der Waals surface area contributed by atoms with E-state index < -0.39 is 11.9 Å². The molecule has 2 aromatic rings. The lowest BCUT2D eigenvalue weighted by atomic mass is 10.1. The van der Waals surface area contributed by atoms with Crippen molar-refractivity contribution in [2.24, 2.45) is 0 Å². The molecule has 0 radical (unpaired) electrons. The molecule has 0 unspecified atom stereocenters. The van der Waals surface area contributed by atoms with Crippen LogP contribution in [0, 0.1) is 11.3 Å². The summed E-state index contributed by atoms with van der Waals surface area (Å²) in [4.78, 5) is 23.8. The predicted molar refractivity (Wildman–Crippen MR) is 109 cm³/mol. The number of hydrogen-bond acceptors (Lipinski definition) is 6. The molecule has 148 valence electrons. The minimum absolute atomic E-state index is 0.134. The van der Waals surface area contributed by atoms with Gasteiger partial charge >= 0.3 is 11.9 Å². The van der Waals surface area contributed by atoms with Crippen molar-refractivity contribution >= 4 is 24.1 Å². The van der Waals surface area contributed by atoms with Gasteiger partial charge in [-0.25, -0.2) is 9.59 Å². The monoisotopic (exact) mass is 391 g/mol. The van der Waals surface area contributed by atoms with E-state index in [0.717, 1.165) is 11.3 Å². The largest absolute Gasteiger partial charge is 0.494 e. The fourth-order valence-corrected chi connectivity index (χ4v) is 2.34. The van der Waals surface area contributed by atoms with E-state index in [-0.39, 0.29) is 12.2 Å². The van der Waals surface area contributed by atoms with Crippen molar-refractivity contribution in [3.05, 3.63) is 71.3 Å². The molecule has 0 aliphatic carbocycles. The quantitative estimate of drug-likeness (QED) is 0.290. The zero-order chi connectivity index (χ0) is 21.1. The molecule has 2 rings (SSSR count). The Morgan fingerprint density at radius 2 is 1.76 bits per heavy atom. The molecule has 0 N–H and O–H groups in total. The van der Waals surface area contributed by atoms with Gasteiger partial charge in [0.25, 0.3) is 0 Å². The van der Waals surface area contributed by atoms with Gasteiger partial charge < -0.3 is 14.2 Å². The molecule has 6 nitrogen and oxygen atoms in total. The highest BCUT2D eigenvalue weighted by atomic mass is 16.5. The van der Waals surface area contributed by atoms with Crippen molar-refractivity contribution in [1.82, 2.24) is 0 Å². The van der Waals surface area contributed by atoms with E-state index in [1.807, 2.05) is 31.2 Å². The lowest BCUT2D eigenvalue weighted by Gasteiger charge is -2.04. The van der Waals surface area contributed by atoms with Gasteiger partial charge in [-0.3, -0.25) is 0 Å². The van der Waals surface area contributed by atoms with E-state index in [1.54, 1.807) is 43.3 Å². The maximum Gasteiger partial charge on any atom is 0.348 e. The summed E-state index contributed by atoms with van der Waals surface area (Å²) < 4.78 is 15.5. The van der Waals surface area contributed by atoms with Crippen molar-refractivity contribution in [3.8, 4) is 17.6 Å². The van der Waals surface area contributed by atoms with Crippen LogP contribution in [0.3, 0.4) is 0 Å². The molecule has 0 atom stereocenters. The molecule has 0 spiro atoms. The van der Waals surface area contributed by atoms with Crippen LogP contribution < -0.4 is 9.47 Å². The minimum Gasteiger partial charge on any atom is -0.494 e. The zero-order valence-corrected chi connectivity index (χ0v) is 16.3. The summed E-state index contributed by atoms with van der Waals surface area (Å²) in [6, 6.07) is 15.6. The second kappa shape index (κ2) is 11.1. The van der Waals surface area contributed by atoms with E-state index in [4.69, 9.17) is 19.5 Å². The Labute approximate surface area is 169 Å². The smallest absolute Gasteiger partial charge is 0.348 e. The fraction of sp³-hybridized carbons (Fsp3) is 0.174. The van der Waals surface area contributed by atoms with Crippen LogP contribution in [-0.4, -0.2) is 25.2 Å². The van der Waals surface area contributed by atoms with Crippen LogP contribution in [0.1, 0.15) is 25.0 Å². The van der Waals surface area contributed by atoms with Gasteiger partial charge in [-0.2, -0.15) is 5.26 Å². The first-order valence-electron chi connectivity index (χ1n) is 9.07. The SMILES string of the molecule is CCOC(=O)/C(C#N)=C/c1cccc(OC(=O)/C=C/c2ccc(OCC)cc2)c1. The van der Waals surface area contributed by atoms with Crippen molar-refractivity contribution in [3.63, 3.8) is 0 Å². The number of ether oxygens (including phenoxy) is 3. The van der Waals surface area contributed by atoms with Crippen LogP contribution in [0.5, 0.6) is 11.5 Å². The van der Waals surface area contributed by atoms with Gasteiger partial charge in [0.15, 0.2) is 0 Å². The third-order valence-electron chi connectivity index (χ3n) is 3.61. The molecule has 0 aliphatic heterocycles. The van der Waals surface area contributed by atoms with Gasteiger partial charge in [-0.15, -0.1) is 0 Å². The Morgan fingerprint density at radius 1 is 1.00 bits per heavy atom. The fourth-order valence-electron chi connectivity index (χ4n) is 2.34. The molecular weight excluding hydrogens is 370 g/mol. The van der Waals surface area contributed by atoms with Gasteiger partial charge in [0.2, 0.25) is 0 Å². The van der Waals surface area contributed by atoms with E-state index in [1.165, 1.54) is 12.2 Å². The highest BCUT2D eigenvalue weighted by Crippen LogP contribution is 2.17. The topological polar surface area (TPSA) is 85.6 Å². The van der Waals surface area contributed by atoms with Crippen molar-refractivity contribution < 1.29 is 23.8 Å². The predicted octanol–water partition coefficient (Wildman–Crippen LogP) is 4.17. The molecule has 2 aromatic carbocycles. The van der Waals surface area contributed by atoms with Gasteiger partial charge in [0.05, 0.1) is 13.2 Å². The summed E-state index contributed by atoms with van der Waals surface area (Å²) in [5.41, 5.74) is 1.23. The third-order valence-corrected chi connectivity index (χ3v) is 3.61. The molecule has 29 heavy (non-hydrogen) atoms. The minimum atomic E-state index is -0.698. The van der Waals surface area contributed by atoms with E-state index in [2.05, 4.69) is 0 Å². The number of nitrogens with zero attached hydrogens (tertiary/aromatic N) is 1. The number of carbonyl (C=O) groups is 2. The standard InChI is InChI=1S/C23H21NO5/c1-3-27-20-11-8-17(9-12-20)10-13-22(25)29-21-7-5-6-18(15-21)14-19(16-24)23(26)28-4-2/h5-15H,3-4H2,1-2H3/b13-10+,19-14+. The Balaban J connectivity index is 2.04. The summed E-state index contributed by atoms with van der Waals surface area (Å²) in [5, 5.41) is 9.10. The maximum absolute atomic E-state index is 12.1. The van der Waals surface area contributed by atoms with Crippen molar-refractivity contribution in [2.45, 2.75) is 13.8 Å². The second-order valence-electron chi connectivity index (χ2n) is 5.72. The molecule has 0 aromatic heterocycles. The maximum atomic E-state index is 12.1. The van der Waals surface area contributed by atoms with Crippen LogP contribution in [0.4, 0.5) is 0 Å². The molecule has 0 saturated carbocycles. The first-order chi connectivity index (χ1) is 14.0. The molecule has 0 amide bonds. The van der Waals surface area contributed by atoms with Gasteiger partial charge in [0, 0.05) is 6.08 Å². The molecule has 0 saturated heterocycles. The summed E-state index contributed by atoms with van der Waals surface area (Å²) >= 11 is 0. The first-order valence-corrected chi connectivity index (χ1v) is 9.07. The number of carbonyl (C=O) groups excluding carboxylic acids is 2. The lowest BCUT2D eigenvalue weighted by Crippen LogP contribution is -2.06. The molecular formula is C23H21NO5.